The maximum Gasteiger partial charge on any atom is 0.456 e. The highest BCUT2D eigenvalue weighted by Gasteiger charge is 2.79. The molecule has 4 rings (SSSR count). The lowest BCUT2D eigenvalue weighted by atomic mass is 9.46. The molecule has 0 aromatic heterocycles. The first-order chi connectivity index (χ1) is 13.2. The van der Waals surface area contributed by atoms with Crippen molar-refractivity contribution >= 4 is 21.7 Å². The van der Waals surface area contributed by atoms with E-state index in [9.17, 15) is 31.9 Å². The number of alkyl halides is 5. The van der Waals surface area contributed by atoms with Gasteiger partial charge in [-0.2, -0.15) is 22.0 Å². The van der Waals surface area contributed by atoms with Gasteiger partial charge in [-0.3, -0.25) is 4.79 Å². The van der Waals surface area contributed by atoms with Gasteiger partial charge in [-0.25, -0.2) is 0 Å². The highest BCUT2D eigenvalue weighted by Crippen LogP contribution is 2.71. The van der Waals surface area contributed by atoms with E-state index in [2.05, 4.69) is 22.9 Å². The van der Waals surface area contributed by atoms with Crippen LogP contribution in [0.5, 0.6) is 0 Å². The second-order valence-corrected chi connectivity index (χ2v) is 10.8. The van der Waals surface area contributed by atoms with E-state index in [1.54, 1.807) is 0 Å². The average molecular weight is 485 g/mol. The second-order valence-electron chi connectivity index (χ2n) is 9.98. The largest absolute Gasteiger partial charge is 0.456 e. The maximum absolute atomic E-state index is 14.5. The molecule has 29 heavy (non-hydrogen) atoms. The van der Waals surface area contributed by atoms with Gasteiger partial charge in [0.25, 0.3) is 0 Å². The van der Waals surface area contributed by atoms with Crippen LogP contribution in [-0.4, -0.2) is 28.6 Å². The topological polar surface area (TPSA) is 37.3 Å². The van der Waals surface area contributed by atoms with Gasteiger partial charge in [0.05, 0.1) is 4.48 Å². The molecule has 164 valence electrons. The minimum Gasteiger partial charge on any atom is -0.383 e. The third-order valence-corrected chi connectivity index (χ3v) is 10.0. The molecule has 0 spiro atoms. The molecule has 1 unspecified atom stereocenters. The first-order valence-corrected chi connectivity index (χ1v) is 11.1. The number of carbonyl (C=O) groups is 1. The molecular formula is C21H26BrF5O2. The molecule has 3 fully saturated rings. The Bertz CT molecular complexity index is 778. The molecule has 2 nitrogen and oxygen atoms in total. The number of aliphatic hydroxyl groups is 1. The summed E-state index contributed by atoms with van der Waals surface area (Å²) >= 11 is 3.45. The predicted molar refractivity (Wildman–Crippen MR) is 101 cm³/mol. The fourth-order valence-corrected chi connectivity index (χ4v) is 8.27. The molecule has 0 saturated heterocycles. The van der Waals surface area contributed by atoms with E-state index in [0.717, 1.165) is 5.57 Å². The van der Waals surface area contributed by atoms with Crippen LogP contribution in [0.2, 0.25) is 0 Å². The fraction of sp³-hybridized carbons (Fsp3) is 0.857. The van der Waals surface area contributed by atoms with Crippen LogP contribution >= 0.6 is 15.9 Å². The summed E-state index contributed by atoms with van der Waals surface area (Å²) in [7, 11) is 0. The Morgan fingerprint density at radius 3 is 2.21 bits per heavy atom. The lowest BCUT2D eigenvalue weighted by molar-refractivity contribution is -0.363. The molecule has 0 radical (unpaired) electrons. The van der Waals surface area contributed by atoms with Gasteiger partial charge in [-0.15, -0.1) is 0 Å². The van der Waals surface area contributed by atoms with E-state index in [-0.39, 0.29) is 41.8 Å². The first-order valence-electron chi connectivity index (χ1n) is 10.3. The lowest BCUT2D eigenvalue weighted by Gasteiger charge is -2.59. The first kappa shape index (κ1) is 21.7. The van der Waals surface area contributed by atoms with Crippen LogP contribution in [0.1, 0.15) is 65.2 Å². The van der Waals surface area contributed by atoms with Crippen LogP contribution in [0.25, 0.3) is 0 Å². The molecule has 1 N–H and O–H groups in total. The Kier molecular flexibility index (Phi) is 4.70. The zero-order valence-electron chi connectivity index (χ0n) is 16.5. The Hall–Kier alpha value is -0.500. The number of hydrogen-bond donors (Lipinski definition) is 1. The summed E-state index contributed by atoms with van der Waals surface area (Å²) in [5, 5.41) is 10.8. The number of allylic oxidation sites excluding steroid dienone is 1. The molecule has 0 amide bonds. The zero-order chi connectivity index (χ0) is 21.6. The van der Waals surface area contributed by atoms with Crippen LogP contribution in [0.3, 0.4) is 0 Å². The van der Waals surface area contributed by atoms with Gasteiger partial charge >= 0.3 is 12.1 Å². The van der Waals surface area contributed by atoms with Crippen molar-refractivity contribution in [2.75, 3.05) is 0 Å². The van der Waals surface area contributed by atoms with E-state index in [1.165, 1.54) is 6.92 Å². The van der Waals surface area contributed by atoms with Gasteiger partial charge in [-0.1, -0.05) is 13.8 Å². The summed E-state index contributed by atoms with van der Waals surface area (Å²) in [6, 6.07) is 0. The highest BCUT2D eigenvalue weighted by molar-refractivity contribution is 9.12. The quantitative estimate of drug-likeness (QED) is 0.451. The van der Waals surface area contributed by atoms with E-state index in [1.807, 2.05) is 0 Å². The molecule has 0 aromatic rings. The predicted octanol–water partition coefficient (Wildman–Crippen LogP) is 6.17. The second kappa shape index (κ2) is 6.27. The Morgan fingerprint density at radius 1 is 0.966 bits per heavy atom. The number of hydrogen-bond acceptors (Lipinski definition) is 2. The molecule has 4 aliphatic rings. The average Bonchev–Trinajstić information content (AvgIpc) is 2.90. The molecule has 0 aliphatic heterocycles. The number of carbonyl (C=O) groups excluding carboxylic acids is 1. The molecule has 0 bridgehead atoms. The van der Waals surface area contributed by atoms with Crippen LogP contribution in [0, 0.1) is 28.6 Å². The number of fused-ring (bicyclic) bond motifs is 5. The van der Waals surface area contributed by atoms with E-state index in [0.29, 0.717) is 36.6 Å². The van der Waals surface area contributed by atoms with Crippen molar-refractivity contribution in [1.82, 2.24) is 0 Å². The highest BCUT2D eigenvalue weighted by atomic mass is 79.9. The molecule has 6 atom stereocenters. The summed E-state index contributed by atoms with van der Waals surface area (Å²) < 4.78 is 69.2. The van der Waals surface area contributed by atoms with Gasteiger partial charge in [0.1, 0.15) is 5.60 Å². The fourth-order valence-electron chi connectivity index (χ4n) is 7.42. The molecule has 8 heteroatoms. The third kappa shape index (κ3) is 2.56. The Balaban J connectivity index is 1.72. The molecular weight excluding hydrogens is 459 g/mol. The van der Waals surface area contributed by atoms with Gasteiger partial charge in [0, 0.05) is 11.8 Å². The van der Waals surface area contributed by atoms with Crippen LogP contribution < -0.4 is 0 Å². The van der Waals surface area contributed by atoms with E-state index >= 15 is 0 Å². The van der Waals surface area contributed by atoms with Crippen molar-refractivity contribution in [3.8, 4) is 0 Å². The van der Waals surface area contributed by atoms with Gasteiger partial charge in [0.15, 0.2) is 5.78 Å². The minimum atomic E-state index is -5.78. The van der Waals surface area contributed by atoms with Crippen LogP contribution in [0.15, 0.2) is 10.1 Å². The van der Waals surface area contributed by atoms with Crippen molar-refractivity contribution in [2.45, 2.75) is 82.9 Å². The Morgan fingerprint density at radius 2 is 1.59 bits per heavy atom. The standard InChI is InChI=1S/C21H26BrF5O2/c1-17-8-7-15(28)16(22)14(17)4-3-11-12(17)5-9-18(2)13(11)6-10-19(18,29)20(23,24)21(25,26)27/h11-13,29H,3-10H2,1-2H3/t11-,12-,13+,17-,18+,19?/m1/s1. The van der Waals surface area contributed by atoms with Crippen LogP contribution in [-0.2, 0) is 4.79 Å². The summed E-state index contributed by atoms with van der Waals surface area (Å²) in [5.74, 6) is -5.33. The molecule has 4 aliphatic carbocycles. The third-order valence-electron chi connectivity index (χ3n) is 9.08. The number of halogens is 6. The summed E-state index contributed by atoms with van der Waals surface area (Å²) in [5.41, 5.74) is -3.72. The number of Topliss-reactive ketones (excluding diaryl/α,β-unsaturated/α-hetero) is 1. The summed E-state index contributed by atoms with van der Waals surface area (Å²) in [4.78, 5) is 12.1. The monoisotopic (exact) mass is 484 g/mol. The van der Waals surface area contributed by atoms with Gasteiger partial charge in [0.2, 0.25) is 0 Å². The van der Waals surface area contributed by atoms with Crippen molar-refractivity contribution < 1.29 is 31.9 Å². The zero-order valence-corrected chi connectivity index (χ0v) is 18.1. The minimum absolute atomic E-state index is 0.0194. The smallest absolute Gasteiger partial charge is 0.383 e. The Labute approximate surface area is 175 Å². The van der Waals surface area contributed by atoms with E-state index in [4.69, 9.17) is 0 Å². The van der Waals surface area contributed by atoms with Gasteiger partial charge < -0.3 is 5.11 Å². The van der Waals surface area contributed by atoms with Crippen molar-refractivity contribution in [1.29, 1.82) is 0 Å². The van der Waals surface area contributed by atoms with Crippen molar-refractivity contribution in [2.24, 2.45) is 28.6 Å². The summed E-state index contributed by atoms with van der Waals surface area (Å²) in [6.45, 7) is 3.55. The lowest BCUT2D eigenvalue weighted by Crippen LogP contribution is -2.65. The van der Waals surface area contributed by atoms with Gasteiger partial charge in [-0.05, 0) is 89.6 Å². The molecule has 0 aromatic carbocycles. The number of rotatable bonds is 1. The normalized spacial score (nSPS) is 45.7. The molecule has 0 heterocycles. The molecule has 3 saturated carbocycles. The number of ketones is 1. The van der Waals surface area contributed by atoms with E-state index < -0.39 is 29.5 Å². The van der Waals surface area contributed by atoms with Crippen molar-refractivity contribution in [3.63, 3.8) is 0 Å². The van der Waals surface area contributed by atoms with Crippen molar-refractivity contribution in [3.05, 3.63) is 10.1 Å². The summed E-state index contributed by atoms with van der Waals surface area (Å²) in [6.07, 6.45) is -3.11. The maximum atomic E-state index is 14.5. The SMILES string of the molecule is C[C@]12CCC(=O)C(Br)=C1CC[C@@H]1[C@H]2CC[C@@]2(C)[C@H]1CCC2(O)C(F)(F)C(F)(F)F. The van der Waals surface area contributed by atoms with Crippen LogP contribution in [0.4, 0.5) is 22.0 Å².